The molecule has 4 rings (SSSR count). The van der Waals surface area contributed by atoms with Crippen molar-refractivity contribution in [3.63, 3.8) is 0 Å². The number of methoxy groups -OCH3 is 2. The molecular formula is C27H29NO2. The van der Waals surface area contributed by atoms with E-state index in [2.05, 4.69) is 72.8 Å². The van der Waals surface area contributed by atoms with E-state index in [0.717, 1.165) is 43.7 Å². The zero-order chi connectivity index (χ0) is 20.8. The van der Waals surface area contributed by atoms with Crippen molar-refractivity contribution >= 4 is 5.71 Å². The van der Waals surface area contributed by atoms with Crippen LogP contribution in [0.4, 0.5) is 0 Å². The van der Waals surface area contributed by atoms with E-state index in [-0.39, 0.29) is 5.92 Å². The SMILES string of the molecule is COc1cc2c(cc1OC)C([C@@H](CCCc1ccccc1)c1ccccc1)=NCC2. The van der Waals surface area contributed by atoms with Crippen LogP contribution in [0.3, 0.4) is 0 Å². The van der Waals surface area contributed by atoms with Crippen molar-refractivity contribution in [1.82, 2.24) is 0 Å². The van der Waals surface area contributed by atoms with Crippen LogP contribution in [0, 0.1) is 0 Å². The van der Waals surface area contributed by atoms with E-state index in [1.165, 1.54) is 28.0 Å². The first-order chi connectivity index (χ1) is 14.8. The molecule has 0 saturated carbocycles. The second-order valence-corrected chi connectivity index (χ2v) is 7.72. The average Bonchev–Trinajstić information content (AvgIpc) is 2.82. The lowest BCUT2D eigenvalue weighted by Gasteiger charge is -2.26. The Morgan fingerprint density at radius 2 is 1.53 bits per heavy atom. The average molecular weight is 400 g/mol. The summed E-state index contributed by atoms with van der Waals surface area (Å²) in [5.41, 5.74) is 6.39. The summed E-state index contributed by atoms with van der Waals surface area (Å²) < 4.78 is 11.1. The Labute approximate surface area is 179 Å². The van der Waals surface area contributed by atoms with E-state index in [1.807, 2.05) is 0 Å². The first-order valence-corrected chi connectivity index (χ1v) is 10.7. The second-order valence-electron chi connectivity index (χ2n) is 7.72. The predicted molar refractivity (Wildman–Crippen MR) is 123 cm³/mol. The summed E-state index contributed by atoms with van der Waals surface area (Å²) in [6.07, 6.45) is 4.19. The van der Waals surface area contributed by atoms with Gasteiger partial charge in [-0.2, -0.15) is 0 Å². The van der Waals surface area contributed by atoms with Crippen LogP contribution in [-0.2, 0) is 12.8 Å². The topological polar surface area (TPSA) is 30.8 Å². The summed E-state index contributed by atoms with van der Waals surface area (Å²) >= 11 is 0. The Hall–Kier alpha value is -3.07. The Bertz CT molecular complexity index is 996. The predicted octanol–water partition coefficient (Wildman–Crippen LogP) is 5.86. The lowest BCUT2D eigenvalue weighted by atomic mass is 9.82. The molecule has 1 atom stereocenters. The fourth-order valence-corrected chi connectivity index (χ4v) is 4.35. The van der Waals surface area contributed by atoms with Crippen LogP contribution in [0.5, 0.6) is 11.5 Å². The van der Waals surface area contributed by atoms with Gasteiger partial charge in [-0.15, -0.1) is 0 Å². The smallest absolute Gasteiger partial charge is 0.161 e. The quantitative estimate of drug-likeness (QED) is 0.475. The van der Waals surface area contributed by atoms with Gasteiger partial charge in [0.1, 0.15) is 0 Å². The summed E-state index contributed by atoms with van der Waals surface area (Å²) in [4.78, 5) is 5.02. The Morgan fingerprint density at radius 1 is 0.867 bits per heavy atom. The van der Waals surface area contributed by atoms with Gasteiger partial charge in [-0.1, -0.05) is 60.7 Å². The molecule has 0 spiro atoms. The zero-order valence-corrected chi connectivity index (χ0v) is 17.8. The van der Waals surface area contributed by atoms with Gasteiger partial charge in [-0.05, 0) is 54.5 Å². The number of fused-ring (bicyclic) bond motifs is 1. The van der Waals surface area contributed by atoms with Gasteiger partial charge in [0.05, 0.1) is 14.2 Å². The summed E-state index contributed by atoms with van der Waals surface area (Å²) in [7, 11) is 3.39. The lowest BCUT2D eigenvalue weighted by Crippen LogP contribution is -2.21. The third kappa shape index (κ3) is 4.40. The van der Waals surface area contributed by atoms with Gasteiger partial charge in [0.2, 0.25) is 0 Å². The van der Waals surface area contributed by atoms with Crippen LogP contribution < -0.4 is 9.47 Å². The minimum atomic E-state index is 0.270. The van der Waals surface area contributed by atoms with Crippen molar-refractivity contribution in [1.29, 1.82) is 0 Å². The van der Waals surface area contributed by atoms with Gasteiger partial charge < -0.3 is 9.47 Å². The minimum Gasteiger partial charge on any atom is -0.493 e. The molecule has 0 aliphatic carbocycles. The third-order valence-electron chi connectivity index (χ3n) is 5.88. The number of benzene rings is 3. The molecule has 0 N–H and O–H groups in total. The maximum atomic E-state index is 5.60. The molecule has 3 aromatic rings. The molecule has 1 heterocycles. The maximum absolute atomic E-state index is 5.60. The van der Waals surface area contributed by atoms with Crippen molar-refractivity contribution in [2.24, 2.45) is 4.99 Å². The van der Waals surface area contributed by atoms with Gasteiger partial charge in [0.25, 0.3) is 0 Å². The molecule has 0 saturated heterocycles. The first-order valence-electron chi connectivity index (χ1n) is 10.7. The largest absolute Gasteiger partial charge is 0.493 e. The van der Waals surface area contributed by atoms with E-state index in [9.17, 15) is 0 Å². The van der Waals surface area contributed by atoms with Gasteiger partial charge >= 0.3 is 0 Å². The molecule has 1 aliphatic rings. The molecule has 0 aromatic heterocycles. The molecule has 0 unspecified atom stereocenters. The lowest BCUT2D eigenvalue weighted by molar-refractivity contribution is 0.354. The van der Waals surface area contributed by atoms with Crippen molar-refractivity contribution in [2.45, 2.75) is 31.6 Å². The van der Waals surface area contributed by atoms with E-state index >= 15 is 0 Å². The number of ether oxygens (including phenoxy) is 2. The second kappa shape index (κ2) is 9.62. The molecule has 0 fully saturated rings. The molecule has 3 nitrogen and oxygen atoms in total. The zero-order valence-electron chi connectivity index (χ0n) is 17.8. The van der Waals surface area contributed by atoms with E-state index in [4.69, 9.17) is 14.5 Å². The Morgan fingerprint density at radius 3 is 2.23 bits per heavy atom. The van der Waals surface area contributed by atoms with Crippen molar-refractivity contribution in [3.05, 3.63) is 95.1 Å². The van der Waals surface area contributed by atoms with Crippen molar-refractivity contribution < 1.29 is 9.47 Å². The summed E-state index contributed by atoms with van der Waals surface area (Å²) in [6.45, 7) is 0.819. The number of nitrogens with zero attached hydrogens (tertiary/aromatic N) is 1. The summed E-state index contributed by atoms with van der Waals surface area (Å²) in [5.74, 6) is 1.83. The molecule has 30 heavy (non-hydrogen) atoms. The number of hydrogen-bond donors (Lipinski definition) is 0. The monoisotopic (exact) mass is 399 g/mol. The normalized spacial score (nSPS) is 13.9. The number of hydrogen-bond acceptors (Lipinski definition) is 3. The molecule has 1 aliphatic heterocycles. The van der Waals surface area contributed by atoms with Crippen LogP contribution in [0.25, 0.3) is 0 Å². The number of aryl methyl sites for hydroxylation is 1. The van der Waals surface area contributed by atoms with Crippen molar-refractivity contribution in [2.75, 3.05) is 20.8 Å². The van der Waals surface area contributed by atoms with Crippen LogP contribution >= 0.6 is 0 Å². The first kappa shape index (κ1) is 20.2. The standard InChI is InChI=1S/C27H29NO2/c1-29-25-18-22-16-17-28-27(24(22)19-26(25)30-2)23(21-13-7-4-8-14-21)15-9-12-20-10-5-3-6-11-20/h3-8,10-11,13-14,18-19,23H,9,12,15-17H2,1-2H3/t23-/m0/s1. The van der Waals surface area contributed by atoms with Gasteiger partial charge in [-0.25, -0.2) is 0 Å². The Kier molecular flexibility index (Phi) is 6.48. The highest BCUT2D eigenvalue weighted by Gasteiger charge is 2.26. The molecule has 0 amide bonds. The van der Waals surface area contributed by atoms with Crippen LogP contribution in [0.15, 0.2) is 77.8 Å². The van der Waals surface area contributed by atoms with Gasteiger partial charge in [0.15, 0.2) is 11.5 Å². The third-order valence-corrected chi connectivity index (χ3v) is 5.88. The number of aliphatic imine (C=N–C) groups is 1. The van der Waals surface area contributed by atoms with Crippen LogP contribution in [0.1, 0.15) is 41.0 Å². The van der Waals surface area contributed by atoms with Crippen LogP contribution in [0.2, 0.25) is 0 Å². The molecule has 0 radical (unpaired) electrons. The highest BCUT2D eigenvalue weighted by molar-refractivity contribution is 6.07. The molecule has 3 heteroatoms. The minimum absolute atomic E-state index is 0.270. The summed E-state index contributed by atoms with van der Waals surface area (Å²) in [6, 6.07) is 25.7. The highest BCUT2D eigenvalue weighted by Crippen LogP contribution is 2.36. The van der Waals surface area contributed by atoms with Crippen molar-refractivity contribution in [3.8, 4) is 11.5 Å². The fraction of sp³-hybridized carbons (Fsp3) is 0.296. The highest BCUT2D eigenvalue weighted by atomic mass is 16.5. The van der Waals surface area contributed by atoms with E-state index in [0.29, 0.717) is 0 Å². The molecular weight excluding hydrogens is 370 g/mol. The molecule has 0 bridgehead atoms. The van der Waals surface area contributed by atoms with E-state index < -0.39 is 0 Å². The Balaban J connectivity index is 1.65. The maximum Gasteiger partial charge on any atom is 0.161 e. The summed E-state index contributed by atoms with van der Waals surface area (Å²) in [5, 5.41) is 0. The van der Waals surface area contributed by atoms with Crippen LogP contribution in [-0.4, -0.2) is 26.5 Å². The molecule has 154 valence electrons. The number of rotatable bonds is 8. The molecule has 3 aromatic carbocycles. The van der Waals surface area contributed by atoms with Gasteiger partial charge in [0, 0.05) is 23.7 Å². The fourth-order valence-electron chi connectivity index (χ4n) is 4.35. The van der Waals surface area contributed by atoms with E-state index in [1.54, 1.807) is 14.2 Å². The van der Waals surface area contributed by atoms with Gasteiger partial charge in [-0.3, -0.25) is 4.99 Å².